The predicted octanol–water partition coefficient (Wildman–Crippen LogP) is -3.29. The number of carboxylic acid groups (broad SMARTS) is 1. The number of nitrogens with two attached hydrogens (primary N) is 1. The summed E-state index contributed by atoms with van der Waals surface area (Å²) < 4.78 is 0.722. The Bertz CT molecular complexity index is 437. The highest BCUT2D eigenvalue weighted by Crippen LogP contribution is 1.94. The van der Waals surface area contributed by atoms with Gasteiger partial charge in [0.05, 0.1) is 0 Å². The first-order valence-electron chi connectivity index (χ1n) is 4.36. The monoisotopic (exact) mass is 244 g/mol. The number of nitrogen functional groups attached to an aromatic ring is 1. The highest BCUT2D eigenvalue weighted by molar-refractivity contribution is 5.84. The van der Waals surface area contributed by atoms with Gasteiger partial charge in [-0.15, -0.1) is 0 Å². The minimum absolute atomic E-state index is 0.183. The van der Waals surface area contributed by atoms with Gasteiger partial charge in [0.15, 0.2) is 12.2 Å². The average Bonchev–Trinajstić information content (AvgIpc) is 2.30. The van der Waals surface area contributed by atoms with E-state index in [1.807, 2.05) is 0 Å². The summed E-state index contributed by atoms with van der Waals surface area (Å²) in [6.07, 6.45) is -1.94. The van der Waals surface area contributed by atoms with Crippen LogP contribution in [-0.2, 0) is 9.59 Å². The molecule has 2 unspecified atom stereocenters. The molecule has 2 atom stereocenters. The van der Waals surface area contributed by atoms with E-state index < -0.39 is 24.1 Å². The smallest absolute Gasteiger partial charge is 0.426 e. The van der Waals surface area contributed by atoms with Crippen LogP contribution >= 0.6 is 0 Å². The number of aliphatic hydroxyl groups is 2. The van der Waals surface area contributed by atoms with Crippen molar-refractivity contribution in [2.45, 2.75) is 12.2 Å². The number of hydrogen-bond donors (Lipinski definition) is 4. The average molecular weight is 244 g/mol. The Kier molecular flexibility index (Phi) is 3.91. The van der Waals surface area contributed by atoms with E-state index in [1.165, 1.54) is 18.5 Å². The fraction of sp³-hybridized carbons (Fsp3) is 0.250. The first kappa shape index (κ1) is 12.8. The molecule has 0 aliphatic heterocycles. The van der Waals surface area contributed by atoms with Crippen LogP contribution in [0.3, 0.4) is 0 Å². The first-order valence-corrected chi connectivity index (χ1v) is 4.36. The predicted molar refractivity (Wildman–Crippen MR) is 50.1 cm³/mol. The summed E-state index contributed by atoms with van der Waals surface area (Å²) in [5, 5.41) is 26.4. The topological polar surface area (TPSA) is 147 Å². The van der Waals surface area contributed by atoms with E-state index in [-0.39, 0.29) is 5.95 Å². The van der Waals surface area contributed by atoms with Gasteiger partial charge in [-0.2, -0.15) is 0 Å². The number of nitrogens with zero attached hydrogens (tertiary/aromatic N) is 2. The number of aliphatic hydroxyl groups excluding tert-OH is 2. The van der Waals surface area contributed by atoms with Crippen LogP contribution in [0.2, 0.25) is 0 Å². The minimum atomic E-state index is -2.28. The van der Waals surface area contributed by atoms with Gasteiger partial charge < -0.3 is 15.3 Å². The molecule has 5 N–H and O–H groups in total. The number of carboxylic acids is 1. The van der Waals surface area contributed by atoms with Crippen LogP contribution in [0.1, 0.15) is 0 Å². The lowest BCUT2D eigenvalue weighted by atomic mass is 10.2. The van der Waals surface area contributed by atoms with Gasteiger partial charge in [0.25, 0.3) is 0 Å². The SMILES string of the molecule is Nc1nccc[n+]1OC(=O)C(O)C(O)C(=O)O. The highest BCUT2D eigenvalue weighted by atomic mass is 16.7. The van der Waals surface area contributed by atoms with Crippen molar-refractivity contribution < 1.29 is 34.5 Å². The van der Waals surface area contributed by atoms with Gasteiger partial charge in [0, 0.05) is 6.07 Å². The molecule has 1 heterocycles. The summed E-state index contributed by atoms with van der Waals surface area (Å²) in [6.45, 7) is 0. The van der Waals surface area contributed by atoms with Crippen molar-refractivity contribution in [3.05, 3.63) is 18.5 Å². The van der Waals surface area contributed by atoms with E-state index in [0.29, 0.717) is 0 Å². The Morgan fingerprint density at radius 2 is 2.06 bits per heavy atom. The molecule has 0 aliphatic carbocycles. The molecule has 0 saturated heterocycles. The maximum absolute atomic E-state index is 11.2. The molecule has 0 radical (unpaired) electrons. The van der Waals surface area contributed by atoms with E-state index in [0.717, 1.165) is 4.73 Å². The molecular weight excluding hydrogens is 234 g/mol. The maximum atomic E-state index is 11.2. The maximum Gasteiger partial charge on any atom is 0.426 e. The van der Waals surface area contributed by atoms with Crippen molar-refractivity contribution in [3.8, 4) is 0 Å². The first-order chi connectivity index (χ1) is 7.93. The summed E-state index contributed by atoms with van der Waals surface area (Å²) in [4.78, 5) is 29.6. The van der Waals surface area contributed by atoms with Crippen molar-refractivity contribution >= 4 is 17.9 Å². The fourth-order valence-electron chi connectivity index (χ4n) is 0.861. The zero-order valence-electron chi connectivity index (χ0n) is 8.42. The van der Waals surface area contributed by atoms with Crippen LogP contribution in [0.4, 0.5) is 5.95 Å². The van der Waals surface area contributed by atoms with E-state index in [4.69, 9.17) is 21.1 Å². The number of anilines is 1. The van der Waals surface area contributed by atoms with Gasteiger partial charge in [0.1, 0.15) is 12.4 Å². The van der Waals surface area contributed by atoms with Gasteiger partial charge in [-0.05, 0) is 4.73 Å². The summed E-state index contributed by atoms with van der Waals surface area (Å²) >= 11 is 0. The summed E-state index contributed by atoms with van der Waals surface area (Å²) in [7, 11) is 0. The van der Waals surface area contributed by atoms with Crippen LogP contribution in [0.5, 0.6) is 0 Å². The normalized spacial score (nSPS) is 13.8. The highest BCUT2D eigenvalue weighted by Gasteiger charge is 2.33. The lowest BCUT2D eigenvalue weighted by Gasteiger charge is -2.11. The summed E-state index contributed by atoms with van der Waals surface area (Å²) in [5.74, 6) is -3.30. The molecule has 0 aliphatic rings. The third-order valence-corrected chi connectivity index (χ3v) is 1.72. The lowest BCUT2D eigenvalue weighted by Crippen LogP contribution is -2.54. The second-order valence-electron chi connectivity index (χ2n) is 2.94. The second-order valence-corrected chi connectivity index (χ2v) is 2.94. The zero-order valence-corrected chi connectivity index (χ0v) is 8.42. The molecule has 0 aromatic carbocycles. The van der Waals surface area contributed by atoms with Gasteiger partial charge >= 0.3 is 17.9 Å². The lowest BCUT2D eigenvalue weighted by molar-refractivity contribution is -0.860. The van der Waals surface area contributed by atoms with Crippen molar-refractivity contribution in [2.75, 3.05) is 5.73 Å². The van der Waals surface area contributed by atoms with Crippen molar-refractivity contribution in [1.29, 1.82) is 0 Å². The number of carbonyl (C=O) groups is 2. The Balaban J connectivity index is 2.73. The van der Waals surface area contributed by atoms with Crippen LogP contribution in [-0.4, -0.2) is 44.5 Å². The Labute approximate surface area is 94.7 Å². The number of carbonyl (C=O) groups excluding carboxylic acids is 1. The Morgan fingerprint density at radius 3 is 2.59 bits per heavy atom. The third-order valence-electron chi connectivity index (χ3n) is 1.72. The third kappa shape index (κ3) is 3.09. The molecular formula is C8H10N3O6+. The van der Waals surface area contributed by atoms with Crippen LogP contribution in [0.15, 0.2) is 18.5 Å². The summed E-state index contributed by atoms with van der Waals surface area (Å²) in [5.41, 5.74) is 5.32. The Hall–Kier alpha value is -2.26. The number of aromatic nitrogens is 2. The zero-order chi connectivity index (χ0) is 13.0. The van der Waals surface area contributed by atoms with E-state index in [1.54, 1.807) is 0 Å². The molecule has 92 valence electrons. The van der Waals surface area contributed by atoms with Crippen molar-refractivity contribution in [3.63, 3.8) is 0 Å². The molecule has 1 aromatic rings. The minimum Gasteiger partial charge on any atom is -0.479 e. The number of hydrogen-bond acceptors (Lipinski definition) is 7. The van der Waals surface area contributed by atoms with Crippen molar-refractivity contribution in [2.24, 2.45) is 0 Å². The van der Waals surface area contributed by atoms with Gasteiger partial charge in [-0.1, -0.05) is 4.98 Å². The van der Waals surface area contributed by atoms with Crippen LogP contribution in [0, 0.1) is 0 Å². The molecule has 0 amide bonds. The molecule has 0 fully saturated rings. The number of aliphatic carboxylic acids is 1. The molecule has 0 spiro atoms. The fourth-order valence-corrected chi connectivity index (χ4v) is 0.861. The van der Waals surface area contributed by atoms with E-state index in [2.05, 4.69) is 9.82 Å². The number of rotatable bonds is 4. The molecule has 0 saturated carbocycles. The Morgan fingerprint density at radius 1 is 1.41 bits per heavy atom. The van der Waals surface area contributed by atoms with Crippen LogP contribution in [0.25, 0.3) is 0 Å². The molecule has 0 bridgehead atoms. The van der Waals surface area contributed by atoms with Gasteiger partial charge in [-0.3, -0.25) is 10.6 Å². The molecule has 1 rings (SSSR count). The molecule has 17 heavy (non-hydrogen) atoms. The van der Waals surface area contributed by atoms with Gasteiger partial charge in [-0.25, -0.2) is 9.59 Å². The quantitative estimate of drug-likeness (QED) is 0.403. The standard InChI is InChI=1S/C8H9N3O6/c9-8-10-2-1-3-11(8)17-7(16)5(13)4(12)6(14)15/h1-5,9,12-13H,(H,14,15)/p+1. The van der Waals surface area contributed by atoms with E-state index >= 15 is 0 Å². The van der Waals surface area contributed by atoms with Crippen molar-refractivity contribution in [1.82, 2.24) is 4.98 Å². The molecule has 9 heteroatoms. The molecule has 9 nitrogen and oxygen atoms in total. The largest absolute Gasteiger partial charge is 0.479 e. The van der Waals surface area contributed by atoms with Gasteiger partial charge in [0.2, 0.25) is 0 Å². The van der Waals surface area contributed by atoms with E-state index in [9.17, 15) is 9.59 Å². The molecule has 1 aromatic heterocycles. The second kappa shape index (κ2) is 5.18. The summed E-state index contributed by atoms with van der Waals surface area (Å²) in [6, 6.07) is 1.39. The van der Waals surface area contributed by atoms with Crippen LogP contribution < -0.4 is 15.3 Å².